The first-order valence-electron chi connectivity index (χ1n) is 20.8. The summed E-state index contributed by atoms with van der Waals surface area (Å²) < 4.78 is 22.8. The number of piperidine rings is 1. The summed E-state index contributed by atoms with van der Waals surface area (Å²) >= 11 is 0. The van der Waals surface area contributed by atoms with Crippen molar-refractivity contribution in [2.24, 2.45) is 68.5 Å². The van der Waals surface area contributed by atoms with E-state index in [9.17, 15) is 9.59 Å². The largest absolute Gasteiger partial charge is 0.462 e. The lowest BCUT2D eigenvalue weighted by Gasteiger charge is -2.72. The van der Waals surface area contributed by atoms with E-state index in [1.165, 1.54) is 57.8 Å². The van der Waals surface area contributed by atoms with Gasteiger partial charge in [0.2, 0.25) is 5.91 Å². The summed E-state index contributed by atoms with van der Waals surface area (Å²) in [6.07, 6.45) is 15.8. The van der Waals surface area contributed by atoms with Crippen LogP contribution < -0.4 is 0 Å². The molecule has 7 heteroatoms. The molecule has 11 atom stereocenters. The highest BCUT2D eigenvalue weighted by Gasteiger charge is 2.71. The quantitative estimate of drug-likeness (QED) is 0.169. The van der Waals surface area contributed by atoms with Gasteiger partial charge < -0.3 is 23.8 Å². The van der Waals surface area contributed by atoms with E-state index in [0.717, 1.165) is 44.7 Å². The smallest absolute Gasteiger partial charge is 0.302 e. The predicted octanol–water partition coefficient (Wildman–Crippen LogP) is 8.33. The SMILES string of the molecule is COCCOCCOC1CCN(C(=O)[C@@H]2C[C@@H](C3(C)CC3)[C@H]3C2CC[C@]2(C)[C@@H]3CC[C@@H]3[C@@]4(C)CC[C@H](OC(C)=O)C(C)(C)[C@@H]4CC[C@]32C)CC1. The molecule has 0 bridgehead atoms. The van der Waals surface area contributed by atoms with Crippen LogP contribution in [0.5, 0.6) is 0 Å². The van der Waals surface area contributed by atoms with E-state index in [-0.39, 0.29) is 34.9 Å². The van der Waals surface area contributed by atoms with E-state index in [0.29, 0.717) is 78.2 Å². The Morgan fingerprint density at radius 2 is 1.42 bits per heavy atom. The first kappa shape index (κ1) is 37.1. The van der Waals surface area contributed by atoms with Gasteiger partial charge in [-0.3, -0.25) is 9.59 Å². The molecule has 284 valence electrons. The molecule has 1 aliphatic heterocycles. The monoisotopic (exact) mass is 698 g/mol. The molecular weight excluding hydrogens is 626 g/mol. The molecule has 7 fully saturated rings. The van der Waals surface area contributed by atoms with Crippen LogP contribution >= 0.6 is 0 Å². The van der Waals surface area contributed by atoms with E-state index >= 15 is 0 Å². The van der Waals surface area contributed by atoms with Crippen molar-refractivity contribution in [1.82, 2.24) is 4.90 Å². The summed E-state index contributed by atoms with van der Waals surface area (Å²) in [5.41, 5.74) is 1.33. The van der Waals surface area contributed by atoms with Gasteiger partial charge in [0, 0.05) is 38.5 Å². The summed E-state index contributed by atoms with van der Waals surface area (Å²) in [6, 6.07) is 0. The Morgan fingerprint density at radius 3 is 2.10 bits per heavy atom. The van der Waals surface area contributed by atoms with Gasteiger partial charge in [-0.2, -0.15) is 0 Å². The zero-order valence-corrected chi connectivity index (χ0v) is 33.0. The van der Waals surface area contributed by atoms with Crippen LogP contribution in [0.15, 0.2) is 0 Å². The highest BCUT2D eigenvalue weighted by molar-refractivity contribution is 5.80. The van der Waals surface area contributed by atoms with E-state index in [2.05, 4.69) is 46.4 Å². The van der Waals surface area contributed by atoms with E-state index in [1.54, 1.807) is 14.0 Å². The van der Waals surface area contributed by atoms with Gasteiger partial charge in [-0.05, 0) is 141 Å². The van der Waals surface area contributed by atoms with Crippen molar-refractivity contribution < 1.29 is 28.5 Å². The Bertz CT molecular complexity index is 1260. The summed E-state index contributed by atoms with van der Waals surface area (Å²) in [4.78, 5) is 28.8. The van der Waals surface area contributed by atoms with Crippen molar-refractivity contribution in [3.05, 3.63) is 0 Å². The Kier molecular flexibility index (Phi) is 10.1. The second-order valence-electron chi connectivity index (χ2n) is 20.0. The highest BCUT2D eigenvalue weighted by Crippen LogP contribution is 2.77. The van der Waals surface area contributed by atoms with Crippen LogP contribution in [-0.4, -0.2) is 75.6 Å². The van der Waals surface area contributed by atoms with Gasteiger partial charge in [0.25, 0.3) is 0 Å². The average molecular weight is 698 g/mol. The molecule has 0 aromatic heterocycles. The minimum atomic E-state index is -0.126. The minimum absolute atomic E-state index is 0.000793. The Balaban J connectivity index is 1.06. The van der Waals surface area contributed by atoms with Crippen molar-refractivity contribution in [1.29, 1.82) is 0 Å². The van der Waals surface area contributed by atoms with Crippen LogP contribution in [0.3, 0.4) is 0 Å². The van der Waals surface area contributed by atoms with Crippen LogP contribution in [-0.2, 0) is 28.5 Å². The molecule has 7 rings (SSSR count). The number of ether oxygens (including phenoxy) is 4. The Hall–Kier alpha value is -1.18. The highest BCUT2D eigenvalue weighted by atomic mass is 16.5. The zero-order valence-electron chi connectivity index (χ0n) is 33.0. The molecule has 0 radical (unpaired) electrons. The number of esters is 1. The normalized spacial score (nSPS) is 44.8. The number of likely N-dealkylation sites (tertiary alicyclic amines) is 1. The third-order valence-corrected chi connectivity index (χ3v) is 17.6. The molecule has 7 aliphatic rings. The third-order valence-electron chi connectivity index (χ3n) is 17.6. The van der Waals surface area contributed by atoms with Crippen LogP contribution in [0.4, 0.5) is 0 Å². The number of amides is 1. The fourth-order valence-corrected chi connectivity index (χ4v) is 14.7. The zero-order chi connectivity index (χ0) is 35.7. The van der Waals surface area contributed by atoms with Gasteiger partial charge in [0.15, 0.2) is 0 Å². The van der Waals surface area contributed by atoms with Gasteiger partial charge in [-0.25, -0.2) is 0 Å². The van der Waals surface area contributed by atoms with E-state index < -0.39 is 0 Å². The van der Waals surface area contributed by atoms with Crippen molar-refractivity contribution in [3.8, 4) is 0 Å². The molecule has 1 saturated heterocycles. The van der Waals surface area contributed by atoms with Gasteiger partial charge in [-0.15, -0.1) is 0 Å². The molecular formula is C43H71NO6. The van der Waals surface area contributed by atoms with Crippen molar-refractivity contribution >= 4 is 11.9 Å². The minimum Gasteiger partial charge on any atom is -0.462 e. The molecule has 1 unspecified atom stereocenters. The maximum absolute atomic E-state index is 14.5. The number of hydrogen-bond acceptors (Lipinski definition) is 6. The van der Waals surface area contributed by atoms with Crippen LogP contribution in [0.25, 0.3) is 0 Å². The molecule has 6 saturated carbocycles. The first-order valence-corrected chi connectivity index (χ1v) is 20.8. The fourth-order valence-electron chi connectivity index (χ4n) is 14.7. The van der Waals surface area contributed by atoms with Crippen molar-refractivity contribution in [2.75, 3.05) is 46.6 Å². The van der Waals surface area contributed by atoms with Gasteiger partial charge in [0.1, 0.15) is 6.10 Å². The summed E-state index contributed by atoms with van der Waals surface area (Å²) in [7, 11) is 1.69. The number of rotatable bonds is 10. The summed E-state index contributed by atoms with van der Waals surface area (Å²) in [5, 5.41) is 0. The number of nitrogens with zero attached hydrogens (tertiary/aromatic N) is 1. The Labute approximate surface area is 304 Å². The second kappa shape index (κ2) is 13.6. The molecule has 1 heterocycles. The molecule has 7 nitrogen and oxygen atoms in total. The molecule has 1 amide bonds. The molecule has 6 aliphatic carbocycles. The van der Waals surface area contributed by atoms with E-state index in [4.69, 9.17) is 18.9 Å². The number of hydrogen-bond donors (Lipinski definition) is 0. The third kappa shape index (κ3) is 6.02. The summed E-state index contributed by atoms with van der Waals surface area (Å²) in [6.45, 7) is 21.1. The number of methoxy groups -OCH3 is 1. The molecule has 0 aromatic carbocycles. The Morgan fingerprint density at radius 1 is 0.720 bits per heavy atom. The summed E-state index contributed by atoms with van der Waals surface area (Å²) in [5.74, 6) is 4.48. The van der Waals surface area contributed by atoms with Crippen LogP contribution in [0, 0.1) is 68.5 Å². The van der Waals surface area contributed by atoms with Crippen molar-refractivity contribution in [3.63, 3.8) is 0 Å². The molecule has 0 aromatic rings. The van der Waals surface area contributed by atoms with Gasteiger partial charge in [-0.1, -0.05) is 41.5 Å². The first-order chi connectivity index (χ1) is 23.7. The molecule has 0 N–H and O–H groups in total. The predicted molar refractivity (Wildman–Crippen MR) is 195 cm³/mol. The molecule has 50 heavy (non-hydrogen) atoms. The lowest BCUT2D eigenvalue weighted by molar-refractivity contribution is -0.245. The van der Waals surface area contributed by atoms with E-state index in [1.807, 2.05) is 0 Å². The van der Waals surface area contributed by atoms with Gasteiger partial charge >= 0.3 is 5.97 Å². The molecule has 0 spiro atoms. The van der Waals surface area contributed by atoms with Crippen LogP contribution in [0.1, 0.15) is 132 Å². The lowest BCUT2D eigenvalue weighted by Crippen LogP contribution is -2.66. The fraction of sp³-hybridized carbons (Fsp3) is 0.953. The lowest BCUT2D eigenvalue weighted by atomic mass is 9.33. The maximum Gasteiger partial charge on any atom is 0.302 e. The second-order valence-corrected chi connectivity index (χ2v) is 20.0. The van der Waals surface area contributed by atoms with Crippen LogP contribution in [0.2, 0.25) is 0 Å². The average Bonchev–Trinajstić information content (AvgIpc) is 3.69. The van der Waals surface area contributed by atoms with Gasteiger partial charge in [0.05, 0.1) is 32.5 Å². The standard InChI is InChI=1S/C43H71NO6/c1-28(45)50-36-13-16-41(5)34(39(36,2)3)12-18-43(7)35(41)10-9-32-37-30(11-17-42(32,43)6)31(27-33(37)40(4)19-20-40)38(46)44-21-14-29(15-22-44)49-26-25-48-24-23-47-8/h29-37H,9-27H2,1-8H3/t30?,31-,32-,33-,34+,35-,36+,37+,41+,42-,43-/m1/s1. The van der Waals surface area contributed by atoms with Crippen molar-refractivity contribution in [2.45, 2.75) is 144 Å². The number of carbonyl (C=O) groups excluding carboxylic acids is 2. The topological polar surface area (TPSA) is 74.3 Å². The number of fused-ring (bicyclic) bond motifs is 7. The number of carbonyl (C=O) groups is 2. The maximum atomic E-state index is 14.5.